The van der Waals surface area contributed by atoms with Crippen LogP contribution in [0.25, 0.3) is 11.3 Å². The number of benzene rings is 1. The van der Waals surface area contributed by atoms with E-state index in [9.17, 15) is 0 Å². The smallest absolute Gasteiger partial charge is 0.172 e. The summed E-state index contributed by atoms with van der Waals surface area (Å²) in [5.41, 5.74) is 3.17. The summed E-state index contributed by atoms with van der Waals surface area (Å²) in [5, 5.41) is 7.88. The zero-order valence-electron chi connectivity index (χ0n) is 7.96. The highest BCUT2D eigenvalue weighted by atomic mass is 35.5. The molecule has 0 bridgehead atoms. The maximum Gasteiger partial charge on any atom is 0.172 e. The van der Waals surface area contributed by atoms with Crippen LogP contribution in [0, 0.1) is 0 Å². The minimum atomic E-state index is 0.708. The monoisotopic (exact) mass is 220 g/mol. The maximum absolute atomic E-state index is 5.97. The predicted octanol–water partition coefficient (Wildman–Crippen LogP) is 2.96. The summed E-state index contributed by atoms with van der Waals surface area (Å²) in [5.74, 6) is 0.831. The molecule has 2 aromatic rings. The van der Waals surface area contributed by atoms with Crippen LogP contribution < -0.4 is 5.32 Å². The highest BCUT2D eigenvalue weighted by molar-refractivity contribution is 6.31. The van der Waals surface area contributed by atoms with Crippen molar-refractivity contribution in [1.82, 2.24) is 5.16 Å². The lowest BCUT2D eigenvalue weighted by Gasteiger charge is -2.06. The quantitative estimate of drug-likeness (QED) is 0.742. The van der Waals surface area contributed by atoms with Crippen molar-refractivity contribution < 1.29 is 4.52 Å². The summed E-state index contributed by atoms with van der Waals surface area (Å²) in [4.78, 5) is 0. The van der Waals surface area contributed by atoms with Gasteiger partial charge in [-0.3, -0.25) is 0 Å². The molecule has 1 aromatic heterocycles. The van der Waals surface area contributed by atoms with E-state index in [1.165, 1.54) is 0 Å². The summed E-state index contributed by atoms with van der Waals surface area (Å²) < 4.78 is 5.27. The highest BCUT2D eigenvalue weighted by Crippen LogP contribution is 2.35. The van der Waals surface area contributed by atoms with Crippen LogP contribution in [0.3, 0.4) is 0 Å². The average molecular weight is 221 g/mol. The van der Waals surface area contributed by atoms with Gasteiger partial charge in [0.2, 0.25) is 0 Å². The number of anilines is 1. The fourth-order valence-corrected chi connectivity index (χ4v) is 2.02. The summed E-state index contributed by atoms with van der Waals surface area (Å²) >= 11 is 5.97. The highest BCUT2D eigenvalue weighted by Gasteiger charge is 2.18. The van der Waals surface area contributed by atoms with Crippen molar-refractivity contribution >= 4 is 17.3 Å². The molecule has 0 spiro atoms. The van der Waals surface area contributed by atoms with Gasteiger partial charge in [-0.05, 0) is 24.6 Å². The molecular formula is C11H9ClN2O. The average Bonchev–Trinajstić information content (AvgIpc) is 2.62. The van der Waals surface area contributed by atoms with E-state index in [4.69, 9.17) is 16.1 Å². The first-order chi connectivity index (χ1) is 7.34. The third-order valence-electron chi connectivity index (χ3n) is 2.58. The first-order valence-electron chi connectivity index (χ1n) is 4.82. The summed E-state index contributed by atoms with van der Waals surface area (Å²) in [7, 11) is 0. The summed E-state index contributed by atoms with van der Waals surface area (Å²) in [6, 6.07) is 5.74. The van der Waals surface area contributed by atoms with Gasteiger partial charge in [-0.2, -0.15) is 0 Å². The molecular weight excluding hydrogens is 212 g/mol. The van der Waals surface area contributed by atoms with Crippen molar-refractivity contribution in [1.29, 1.82) is 0 Å². The van der Waals surface area contributed by atoms with Crippen LogP contribution in [0.15, 0.2) is 28.9 Å². The molecule has 0 radical (unpaired) electrons. The van der Waals surface area contributed by atoms with E-state index < -0.39 is 0 Å². The molecule has 15 heavy (non-hydrogen) atoms. The molecule has 0 fully saturated rings. The van der Waals surface area contributed by atoms with Gasteiger partial charge in [-0.1, -0.05) is 16.8 Å². The Bertz CT molecular complexity index is 507. The van der Waals surface area contributed by atoms with Gasteiger partial charge in [0.1, 0.15) is 0 Å². The van der Waals surface area contributed by atoms with E-state index in [1.807, 2.05) is 18.2 Å². The lowest BCUT2D eigenvalue weighted by atomic mass is 10.1. The van der Waals surface area contributed by atoms with Crippen LogP contribution >= 0.6 is 11.6 Å². The molecule has 0 amide bonds. The molecule has 3 nitrogen and oxygen atoms in total. The first-order valence-corrected chi connectivity index (χ1v) is 5.20. The van der Waals surface area contributed by atoms with Gasteiger partial charge < -0.3 is 9.84 Å². The molecule has 1 aliphatic heterocycles. The van der Waals surface area contributed by atoms with Crippen molar-refractivity contribution in [2.75, 3.05) is 11.9 Å². The normalized spacial score (nSPS) is 13.7. The molecule has 0 unspecified atom stereocenters. The van der Waals surface area contributed by atoms with Crippen LogP contribution in [-0.4, -0.2) is 11.7 Å². The van der Waals surface area contributed by atoms with Crippen molar-refractivity contribution in [3.8, 4) is 11.3 Å². The molecule has 1 N–H and O–H groups in total. The second-order valence-electron chi connectivity index (χ2n) is 3.55. The lowest BCUT2D eigenvalue weighted by molar-refractivity contribution is 0.432. The Morgan fingerprint density at radius 3 is 3.27 bits per heavy atom. The Morgan fingerprint density at radius 2 is 2.33 bits per heavy atom. The number of aromatic nitrogens is 1. The van der Waals surface area contributed by atoms with Crippen molar-refractivity contribution in [3.63, 3.8) is 0 Å². The van der Waals surface area contributed by atoms with Gasteiger partial charge in [-0.25, -0.2) is 0 Å². The summed E-state index contributed by atoms with van der Waals surface area (Å²) in [6.07, 6.45) is 2.69. The number of hydrogen-bond donors (Lipinski definition) is 1. The largest absolute Gasteiger partial charge is 0.384 e. The number of nitrogens with one attached hydrogen (secondary N) is 1. The van der Waals surface area contributed by atoms with E-state index in [1.54, 1.807) is 6.20 Å². The maximum atomic E-state index is 5.97. The lowest BCUT2D eigenvalue weighted by Crippen LogP contribution is -2.01. The standard InChI is InChI=1S/C11H9ClN2O/c12-8-1-2-10-9(5-8)11-7(3-4-13-10)6-14-15-11/h1-2,5-6,13H,3-4H2. The van der Waals surface area contributed by atoms with E-state index >= 15 is 0 Å². The van der Waals surface area contributed by atoms with Crippen molar-refractivity contribution in [2.45, 2.75) is 6.42 Å². The van der Waals surface area contributed by atoms with E-state index in [2.05, 4.69) is 10.5 Å². The minimum Gasteiger partial charge on any atom is -0.384 e. The molecule has 0 saturated heterocycles. The van der Waals surface area contributed by atoms with E-state index in [-0.39, 0.29) is 0 Å². The molecule has 0 atom stereocenters. The number of hydrogen-bond acceptors (Lipinski definition) is 3. The molecule has 1 aromatic carbocycles. The van der Waals surface area contributed by atoms with Gasteiger partial charge in [0.05, 0.1) is 6.20 Å². The molecule has 0 saturated carbocycles. The third kappa shape index (κ3) is 1.39. The van der Waals surface area contributed by atoms with E-state index in [0.29, 0.717) is 5.02 Å². The Morgan fingerprint density at radius 1 is 1.40 bits per heavy atom. The molecule has 4 heteroatoms. The van der Waals surface area contributed by atoms with E-state index in [0.717, 1.165) is 35.5 Å². The van der Waals surface area contributed by atoms with Crippen LogP contribution in [0.1, 0.15) is 5.56 Å². The van der Waals surface area contributed by atoms with Gasteiger partial charge in [0, 0.05) is 28.4 Å². The third-order valence-corrected chi connectivity index (χ3v) is 2.82. The Kier molecular flexibility index (Phi) is 1.92. The Hall–Kier alpha value is -1.48. The fourth-order valence-electron chi connectivity index (χ4n) is 1.85. The zero-order valence-corrected chi connectivity index (χ0v) is 8.71. The SMILES string of the molecule is Clc1ccc2c(c1)-c1oncc1CCN2. The Balaban J connectivity index is 2.27. The molecule has 3 rings (SSSR count). The van der Waals surface area contributed by atoms with Gasteiger partial charge >= 0.3 is 0 Å². The Labute approximate surface area is 92.0 Å². The van der Waals surface area contributed by atoms with Crippen LogP contribution in [0.4, 0.5) is 5.69 Å². The topological polar surface area (TPSA) is 38.1 Å². The van der Waals surface area contributed by atoms with Crippen LogP contribution in [0.2, 0.25) is 5.02 Å². The minimum absolute atomic E-state index is 0.708. The number of halogens is 1. The van der Waals surface area contributed by atoms with Crippen molar-refractivity contribution in [2.24, 2.45) is 0 Å². The number of fused-ring (bicyclic) bond motifs is 3. The molecule has 0 aliphatic carbocycles. The number of rotatable bonds is 0. The van der Waals surface area contributed by atoms with Crippen LogP contribution in [0.5, 0.6) is 0 Å². The molecule has 76 valence electrons. The fraction of sp³-hybridized carbons (Fsp3) is 0.182. The molecule has 2 heterocycles. The number of nitrogens with zero attached hydrogens (tertiary/aromatic N) is 1. The predicted molar refractivity (Wildman–Crippen MR) is 59.1 cm³/mol. The first kappa shape index (κ1) is 8.80. The van der Waals surface area contributed by atoms with Gasteiger partial charge in [0.15, 0.2) is 5.76 Å². The zero-order chi connectivity index (χ0) is 10.3. The second-order valence-corrected chi connectivity index (χ2v) is 3.98. The van der Waals surface area contributed by atoms with Crippen LogP contribution in [-0.2, 0) is 6.42 Å². The van der Waals surface area contributed by atoms with Gasteiger partial charge in [-0.15, -0.1) is 0 Å². The van der Waals surface area contributed by atoms with Gasteiger partial charge in [0.25, 0.3) is 0 Å². The molecule has 1 aliphatic rings. The van der Waals surface area contributed by atoms with Crippen molar-refractivity contribution in [3.05, 3.63) is 35.0 Å². The second kappa shape index (κ2) is 3.28. The summed E-state index contributed by atoms with van der Waals surface area (Å²) in [6.45, 7) is 0.892.